The summed E-state index contributed by atoms with van der Waals surface area (Å²) in [7, 11) is 0. The second-order valence-corrected chi connectivity index (χ2v) is 4.82. The van der Waals surface area contributed by atoms with Crippen molar-refractivity contribution in [3.05, 3.63) is 27.7 Å². The highest BCUT2D eigenvalue weighted by Gasteiger charge is 2.25. The van der Waals surface area contributed by atoms with Crippen molar-refractivity contribution in [1.29, 1.82) is 0 Å². The summed E-state index contributed by atoms with van der Waals surface area (Å²) in [5.74, 6) is 0.0587. The highest BCUT2D eigenvalue weighted by molar-refractivity contribution is 9.10. The van der Waals surface area contributed by atoms with Gasteiger partial charge in [0.2, 0.25) is 0 Å². The monoisotopic (exact) mass is 304 g/mol. The lowest BCUT2D eigenvalue weighted by atomic mass is 10.1. The van der Waals surface area contributed by atoms with Crippen LogP contribution in [0.2, 0.25) is 5.02 Å². The summed E-state index contributed by atoms with van der Waals surface area (Å²) in [5, 5.41) is 0.521. The maximum atomic E-state index is 11.7. The number of ether oxygens (including phenoxy) is 2. The van der Waals surface area contributed by atoms with E-state index in [4.69, 9.17) is 21.1 Å². The molecule has 0 aliphatic carbocycles. The molecule has 0 radical (unpaired) electrons. The SMILES string of the molecule is O=C(Oc1ccc(Br)c(Cl)c1)C1CCOC1. The van der Waals surface area contributed by atoms with Crippen LogP contribution in [-0.4, -0.2) is 19.2 Å². The van der Waals surface area contributed by atoms with E-state index >= 15 is 0 Å². The van der Waals surface area contributed by atoms with Gasteiger partial charge in [-0.2, -0.15) is 0 Å². The van der Waals surface area contributed by atoms with Crippen LogP contribution in [0, 0.1) is 5.92 Å². The van der Waals surface area contributed by atoms with E-state index < -0.39 is 0 Å². The summed E-state index contributed by atoms with van der Waals surface area (Å²) < 4.78 is 11.1. The smallest absolute Gasteiger partial charge is 0.316 e. The Morgan fingerprint density at radius 3 is 3.00 bits per heavy atom. The molecule has 1 atom stereocenters. The third-order valence-corrected chi connectivity index (χ3v) is 3.61. The molecule has 0 N–H and O–H groups in total. The molecule has 0 amide bonds. The molecule has 1 fully saturated rings. The normalized spacial score (nSPS) is 19.8. The molecule has 1 unspecified atom stereocenters. The second-order valence-electron chi connectivity index (χ2n) is 3.56. The van der Waals surface area contributed by atoms with Gasteiger partial charge in [-0.3, -0.25) is 4.79 Å². The van der Waals surface area contributed by atoms with Crippen LogP contribution in [0.15, 0.2) is 22.7 Å². The zero-order valence-corrected chi connectivity index (χ0v) is 10.8. The van der Waals surface area contributed by atoms with Crippen molar-refractivity contribution in [1.82, 2.24) is 0 Å². The largest absolute Gasteiger partial charge is 0.426 e. The van der Waals surface area contributed by atoms with Crippen LogP contribution in [-0.2, 0) is 9.53 Å². The molecule has 1 aromatic carbocycles. The van der Waals surface area contributed by atoms with E-state index in [0.29, 0.717) is 24.0 Å². The maximum Gasteiger partial charge on any atom is 0.316 e. The number of benzene rings is 1. The molecular formula is C11H10BrClO3. The summed E-state index contributed by atoms with van der Waals surface area (Å²) in [5.41, 5.74) is 0. The molecule has 86 valence electrons. The minimum absolute atomic E-state index is 0.151. The van der Waals surface area contributed by atoms with Crippen LogP contribution in [0.3, 0.4) is 0 Å². The van der Waals surface area contributed by atoms with Crippen molar-refractivity contribution < 1.29 is 14.3 Å². The lowest BCUT2D eigenvalue weighted by Gasteiger charge is -2.08. The summed E-state index contributed by atoms with van der Waals surface area (Å²) in [4.78, 5) is 11.7. The molecule has 1 aromatic rings. The van der Waals surface area contributed by atoms with Crippen LogP contribution >= 0.6 is 27.5 Å². The van der Waals surface area contributed by atoms with Gasteiger partial charge in [0.1, 0.15) is 5.75 Å². The number of carbonyl (C=O) groups excluding carboxylic acids is 1. The van der Waals surface area contributed by atoms with E-state index in [2.05, 4.69) is 15.9 Å². The summed E-state index contributed by atoms with van der Waals surface area (Å²) in [6.45, 7) is 1.07. The average Bonchev–Trinajstić information content (AvgIpc) is 2.77. The fourth-order valence-electron chi connectivity index (χ4n) is 1.46. The van der Waals surface area contributed by atoms with Crippen molar-refractivity contribution in [3.8, 4) is 5.75 Å². The topological polar surface area (TPSA) is 35.5 Å². The van der Waals surface area contributed by atoms with Crippen LogP contribution in [0.1, 0.15) is 6.42 Å². The van der Waals surface area contributed by atoms with Crippen LogP contribution in [0.25, 0.3) is 0 Å². The molecule has 3 nitrogen and oxygen atoms in total. The van der Waals surface area contributed by atoms with Gasteiger partial charge in [0, 0.05) is 17.1 Å². The van der Waals surface area contributed by atoms with Gasteiger partial charge in [0.15, 0.2) is 0 Å². The molecule has 0 aromatic heterocycles. The zero-order chi connectivity index (χ0) is 11.5. The standard InChI is InChI=1S/C11H10BrClO3/c12-9-2-1-8(5-10(9)13)16-11(14)7-3-4-15-6-7/h1-2,5,7H,3-4,6H2. The molecule has 0 spiro atoms. The Morgan fingerprint density at radius 2 is 2.38 bits per heavy atom. The van der Waals surface area contributed by atoms with Gasteiger partial charge in [-0.05, 0) is 34.5 Å². The summed E-state index contributed by atoms with van der Waals surface area (Å²) in [6, 6.07) is 5.05. The number of rotatable bonds is 2. The molecule has 5 heteroatoms. The number of hydrogen-bond acceptors (Lipinski definition) is 3. The first kappa shape index (κ1) is 11.9. The quantitative estimate of drug-likeness (QED) is 0.622. The Balaban J connectivity index is 2.02. The Hall–Kier alpha value is -0.580. The van der Waals surface area contributed by atoms with Crippen molar-refractivity contribution >= 4 is 33.5 Å². The van der Waals surface area contributed by atoms with E-state index in [9.17, 15) is 4.79 Å². The molecule has 2 rings (SSSR count). The minimum Gasteiger partial charge on any atom is -0.426 e. The fourth-order valence-corrected chi connectivity index (χ4v) is 1.88. The minimum atomic E-state index is -0.254. The lowest BCUT2D eigenvalue weighted by molar-refractivity contribution is -0.138. The summed E-state index contributed by atoms with van der Waals surface area (Å²) >= 11 is 9.16. The fraction of sp³-hybridized carbons (Fsp3) is 0.364. The van der Waals surface area contributed by atoms with Gasteiger partial charge in [-0.1, -0.05) is 11.6 Å². The zero-order valence-electron chi connectivity index (χ0n) is 8.41. The average molecular weight is 306 g/mol. The lowest BCUT2D eigenvalue weighted by Crippen LogP contribution is -2.20. The maximum absolute atomic E-state index is 11.7. The number of halogens is 2. The first-order valence-corrected chi connectivity index (χ1v) is 6.08. The van der Waals surface area contributed by atoms with E-state index in [-0.39, 0.29) is 11.9 Å². The highest BCUT2D eigenvalue weighted by Crippen LogP contribution is 2.27. The van der Waals surface area contributed by atoms with Gasteiger partial charge in [-0.25, -0.2) is 0 Å². The molecule has 1 aliphatic heterocycles. The Kier molecular flexibility index (Phi) is 3.84. The first-order chi connectivity index (χ1) is 7.66. The number of carbonyl (C=O) groups is 1. The van der Waals surface area contributed by atoms with Crippen LogP contribution in [0.5, 0.6) is 5.75 Å². The molecule has 0 bridgehead atoms. The molecule has 1 saturated heterocycles. The number of esters is 1. The second kappa shape index (κ2) is 5.17. The van der Waals surface area contributed by atoms with Crippen molar-refractivity contribution in [3.63, 3.8) is 0 Å². The molecular weight excluding hydrogens is 295 g/mol. The van der Waals surface area contributed by atoms with Crippen molar-refractivity contribution in [2.75, 3.05) is 13.2 Å². The predicted molar refractivity (Wildman–Crippen MR) is 63.7 cm³/mol. The van der Waals surface area contributed by atoms with Gasteiger partial charge in [-0.15, -0.1) is 0 Å². The number of hydrogen-bond donors (Lipinski definition) is 0. The van der Waals surface area contributed by atoms with Gasteiger partial charge < -0.3 is 9.47 Å². The van der Waals surface area contributed by atoms with E-state index in [0.717, 1.165) is 10.9 Å². The van der Waals surface area contributed by atoms with E-state index in [1.54, 1.807) is 18.2 Å². The Labute approximate surface area is 107 Å². The van der Waals surface area contributed by atoms with Crippen molar-refractivity contribution in [2.24, 2.45) is 5.92 Å². The van der Waals surface area contributed by atoms with Crippen LogP contribution < -0.4 is 4.74 Å². The molecule has 1 heterocycles. The third kappa shape index (κ3) is 2.75. The van der Waals surface area contributed by atoms with Gasteiger partial charge in [0.05, 0.1) is 17.5 Å². The molecule has 1 aliphatic rings. The third-order valence-electron chi connectivity index (χ3n) is 2.37. The van der Waals surface area contributed by atoms with E-state index in [1.807, 2.05) is 0 Å². The summed E-state index contributed by atoms with van der Waals surface area (Å²) in [6.07, 6.45) is 0.725. The molecule has 0 saturated carbocycles. The Morgan fingerprint density at radius 1 is 1.56 bits per heavy atom. The van der Waals surface area contributed by atoms with Gasteiger partial charge >= 0.3 is 5.97 Å². The predicted octanol–water partition coefficient (Wildman–Crippen LogP) is 3.04. The molecule has 16 heavy (non-hydrogen) atoms. The Bertz CT molecular complexity index is 402. The van der Waals surface area contributed by atoms with E-state index in [1.165, 1.54) is 0 Å². The highest BCUT2D eigenvalue weighted by atomic mass is 79.9. The first-order valence-electron chi connectivity index (χ1n) is 4.91. The van der Waals surface area contributed by atoms with Crippen molar-refractivity contribution in [2.45, 2.75) is 6.42 Å². The van der Waals surface area contributed by atoms with Crippen LogP contribution in [0.4, 0.5) is 0 Å². The van der Waals surface area contributed by atoms with Gasteiger partial charge in [0.25, 0.3) is 0 Å².